The minimum absolute atomic E-state index is 0.0245. The van der Waals surface area contributed by atoms with E-state index in [1.165, 1.54) is 0 Å². The molecule has 0 bridgehead atoms. The van der Waals surface area contributed by atoms with Crippen LogP contribution in [0.25, 0.3) is 5.70 Å². The van der Waals surface area contributed by atoms with Crippen molar-refractivity contribution in [2.24, 2.45) is 22.7 Å². The van der Waals surface area contributed by atoms with Crippen LogP contribution in [0.3, 0.4) is 0 Å². The minimum atomic E-state index is -0.835. The Labute approximate surface area is 212 Å². The molecular weight excluding hydrogens is 464 g/mol. The van der Waals surface area contributed by atoms with E-state index in [2.05, 4.69) is 21.3 Å². The molecule has 0 aromatic heterocycles. The number of nitrogens with two attached hydrogens (primary N) is 2. The molecule has 1 aromatic rings. The zero-order chi connectivity index (χ0) is 26.0. The van der Waals surface area contributed by atoms with Gasteiger partial charge in [0, 0.05) is 5.56 Å². The van der Waals surface area contributed by atoms with Crippen molar-refractivity contribution in [1.82, 2.24) is 21.3 Å². The second kappa shape index (κ2) is 14.1. The van der Waals surface area contributed by atoms with E-state index in [4.69, 9.17) is 10.9 Å². The van der Waals surface area contributed by atoms with Crippen molar-refractivity contribution in [3.8, 4) is 0 Å². The van der Waals surface area contributed by atoms with E-state index in [9.17, 15) is 14.4 Å². The summed E-state index contributed by atoms with van der Waals surface area (Å²) in [6.07, 6.45) is 4.86. The third kappa shape index (κ3) is 8.26. The predicted octanol–water partition coefficient (Wildman–Crippen LogP) is 1.81. The van der Waals surface area contributed by atoms with Crippen LogP contribution in [0.5, 0.6) is 0 Å². The van der Waals surface area contributed by atoms with Crippen LogP contribution in [0.2, 0.25) is 0 Å². The van der Waals surface area contributed by atoms with Crippen molar-refractivity contribution < 1.29 is 14.4 Å². The first-order valence-electron chi connectivity index (χ1n) is 12.2. The summed E-state index contributed by atoms with van der Waals surface area (Å²) in [6.45, 7) is 5.44. The molecule has 0 radical (unpaired) electrons. The Morgan fingerprint density at radius 3 is 2.11 bits per heavy atom. The molecule has 3 atom stereocenters. The fourth-order valence-electron chi connectivity index (χ4n) is 4.15. The molecule has 0 saturated heterocycles. The van der Waals surface area contributed by atoms with Gasteiger partial charge in [0.05, 0.1) is 11.7 Å². The number of rotatable bonds is 11. The molecule has 194 valence electrons. The van der Waals surface area contributed by atoms with Crippen molar-refractivity contribution >= 4 is 35.4 Å². The highest BCUT2D eigenvalue weighted by Crippen LogP contribution is 2.27. The summed E-state index contributed by atoms with van der Waals surface area (Å²) >= 11 is 0.838. The van der Waals surface area contributed by atoms with Gasteiger partial charge < -0.3 is 27.0 Å². The zero-order valence-corrected chi connectivity index (χ0v) is 21.9. The van der Waals surface area contributed by atoms with Crippen molar-refractivity contribution in [1.29, 1.82) is 0 Å². The molecule has 10 heteroatoms. The first kappa shape index (κ1) is 28.7. The molecule has 35 heavy (non-hydrogen) atoms. The van der Waals surface area contributed by atoms with Gasteiger partial charge in [0.2, 0.25) is 17.7 Å². The van der Waals surface area contributed by atoms with Crippen LogP contribution in [0.4, 0.5) is 0 Å². The SMILES string of the molecule is CN[C@@H](C)C(=O)NC(C(=O)N[C@H](C(=O)N/C(SN)=C(/N)c1ccccc1)C(C)C)C1CCCCC1. The van der Waals surface area contributed by atoms with Crippen LogP contribution >= 0.6 is 11.9 Å². The van der Waals surface area contributed by atoms with Gasteiger partial charge in [0.1, 0.15) is 17.1 Å². The van der Waals surface area contributed by atoms with Crippen molar-refractivity contribution in [2.75, 3.05) is 7.05 Å². The molecule has 0 aliphatic heterocycles. The molecule has 1 unspecified atom stereocenters. The maximum Gasteiger partial charge on any atom is 0.247 e. The van der Waals surface area contributed by atoms with E-state index in [-0.39, 0.29) is 23.7 Å². The Bertz CT molecular complexity index is 886. The number of benzene rings is 1. The minimum Gasteiger partial charge on any atom is -0.396 e. The number of likely N-dealkylation sites (N-methyl/N-ethyl adjacent to an activating group) is 1. The molecule has 1 aromatic carbocycles. The van der Waals surface area contributed by atoms with E-state index < -0.39 is 24.0 Å². The van der Waals surface area contributed by atoms with Crippen molar-refractivity contribution in [3.63, 3.8) is 0 Å². The molecule has 3 amide bonds. The lowest BCUT2D eigenvalue weighted by Gasteiger charge is -2.32. The zero-order valence-electron chi connectivity index (χ0n) is 21.1. The van der Waals surface area contributed by atoms with Crippen LogP contribution in [0.1, 0.15) is 58.4 Å². The van der Waals surface area contributed by atoms with Crippen molar-refractivity contribution in [3.05, 3.63) is 40.9 Å². The summed E-state index contributed by atoms with van der Waals surface area (Å²) in [5.74, 6) is -1.21. The van der Waals surface area contributed by atoms with Crippen LogP contribution in [0, 0.1) is 11.8 Å². The Hall–Kier alpha value is -2.56. The maximum atomic E-state index is 13.4. The molecule has 0 heterocycles. The average Bonchev–Trinajstić information content (AvgIpc) is 2.88. The Kier molecular flexibility index (Phi) is 11.6. The molecule has 9 nitrogen and oxygen atoms in total. The predicted molar refractivity (Wildman–Crippen MR) is 141 cm³/mol. The van der Waals surface area contributed by atoms with Gasteiger partial charge in [-0.1, -0.05) is 63.4 Å². The van der Waals surface area contributed by atoms with Gasteiger partial charge in [-0.3, -0.25) is 19.5 Å². The van der Waals surface area contributed by atoms with Gasteiger partial charge in [-0.25, -0.2) is 0 Å². The number of hydrogen-bond acceptors (Lipinski definition) is 7. The van der Waals surface area contributed by atoms with Gasteiger partial charge in [0.25, 0.3) is 0 Å². The van der Waals surface area contributed by atoms with E-state index >= 15 is 0 Å². The third-order valence-electron chi connectivity index (χ3n) is 6.46. The fourth-order valence-corrected chi connectivity index (χ4v) is 4.56. The lowest BCUT2D eigenvalue weighted by Crippen LogP contribution is -2.59. The summed E-state index contributed by atoms with van der Waals surface area (Å²) in [5.41, 5.74) is 7.31. The number of carbonyl (C=O) groups is 3. The average molecular weight is 505 g/mol. The van der Waals surface area contributed by atoms with E-state index in [0.717, 1.165) is 49.6 Å². The third-order valence-corrected chi connectivity index (χ3v) is 7.02. The maximum absolute atomic E-state index is 13.4. The van der Waals surface area contributed by atoms with Crippen LogP contribution in [-0.4, -0.2) is 42.9 Å². The Morgan fingerprint density at radius 2 is 1.57 bits per heavy atom. The normalized spacial score (nSPS) is 17.7. The monoisotopic (exact) mass is 504 g/mol. The summed E-state index contributed by atoms with van der Waals surface area (Å²) in [5, 5.41) is 17.6. The first-order chi connectivity index (χ1) is 16.7. The quantitative estimate of drug-likeness (QED) is 0.251. The van der Waals surface area contributed by atoms with Gasteiger partial charge in [-0.15, -0.1) is 0 Å². The largest absolute Gasteiger partial charge is 0.396 e. The highest BCUT2D eigenvalue weighted by molar-refractivity contribution is 8.01. The summed E-state index contributed by atoms with van der Waals surface area (Å²) in [7, 11) is 1.70. The van der Waals surface area contributed by atoms with E-state index in [1.807, 2.05) is 44.2 Å². The summed E-state index contributed by atoms with van der Waals surface area (Å²) in [6, 6.07) is 7.22. The van der Waals surface area contributed by atoms with Crippen LogP contribution in [0.15, 0.2) is 35.4 Å². The fraction of sp³-hybridized carbons (Fsp3) is 0.560. The molecule has 8 N–H and O–H groups in total. The smallest absolute Gasteiger partial charge is 0.247 e. The van der Waals surface area contributed by atoms with Gasteiger partial charge in [-0.05, 0) is 50.6 Å². The Balaban J connectivity index is 2.21. The standard InChI is InChI=1S/C25H40N6O3S/c1-15(2)20(23(33)31-25(35-27)19(26)17-11-7-5-8-12-17)29-24(34)21(18-13-9-6-10-14-18)30-22(32)16(3)28-4/h5,7-8,11-12,15-16,18,20-21,28H,6,9-10,13-14,26-27H2,1-4H3,(H,29,34)(H,30,32)(H,31,33)/b25-19-/t16-,20-,21?/m0/s1. The molecule has 1 aliphatic carbocycles. The van der Waals surface area contributed by atoms with Gasteiger partial charge in [-0.2, -0.15) is 0 Å². The molecule has 1 saturated carbocycles. The van der Waals surface area contributed by atoms with Gasteiger partial charge in [0.15, 0.2) is 0 Å². The Morgan fingerprint density at radius 1 is 0.943 bits per heavy atom. The molecule has 0 spiro atoms. The lowest BCUT2D eigenvalue weighted by atomic mass is 9.83. The molecule has 2 rings (SSSR count). The van der Waals surface area contributed by atoms with Crippen molar-refractivity contribution in [2.45, 2.75) is 71.0 Å². The lowest BCUT2D eigenvalue weighted by molar-refractivity contribution is -0.134. The second-order valence-corrected chi connectivity index (χ2v) is 9.98. The molecule has 1 aliphatic rings. The van der Waals surface area contributed by atoms with Crippen LogP contribution in [-0.2, 0) is 14.4 Å². The topological polar surface area (TPSA) is 151 Å². The first-order valence-corrected chi connectivity index (χ1v) is 13.1. The molecule has 1 fully saturated rings. The highest BCUT2D eigenvalue weighted by atomic mass is 32.2. The highest BCUT2D eigenvalue weighted by Gasteiger charge is 2.35. The summed E-state index contributed by atoms with van der Waals surface area (Å²) in [4.78, 5) is 39.3. The van der Waals surface area contributed by atoms with Gasteiger partial charge >= 0.3 is 0 Å². The number of carbonyl (C=O) groups excluding carboxylic acids is 3. The number of hydrogen-bond donors (Lipinski definition) is 6. The number of amides is 3. The van der Waals surface area contributed by atoms with E-state index in [0.29, 0.717) is 10.7 Å². The summed E-state index contributed by atoms with van der Waals surface area (Å²) < 4.78 is 0. The van der Waals surface area contributed by atoms with E-state index in [1.54, 1.807) is 14.0 Å². The van der Waals surface area contributed by atoms with Crippen LogP contribution < -0.4 is 32.1 Å². The molecular formula is C25H40N6O3S. The number of nitrogens with one attached hydrogen (secondary N) is 4. The second-order valence-electron chi connectivity index (χ2n) is 9.34.